The summed E-state index contributed by atoms with van der Waals surface area (Å²) in [6, 6.07) is 6.26. The van der Waals surface area contributed by atoms with E-state index in [9.17, 15) is 19.2 Å². The Balaban J connectivity index is 1.80. The molecule has 0 spiro atoms. The van der Waals surface area contributed by atoms with E-state index in [0.29, 0.717) is 19.4 Å². The van der Waals surface area contributed by atoms with Gasteiger partial charge in [-0.05, 0) is 37.0 Å². The second-order valence-corrected chi connectivity index (χ2v) is 9.88. The van der Waals surface area contributed by atoms with Gasteiger partial charge in [-0.2, -0.15) is 0 Å². The molecule has 0 aromatic heterocycles. The minimum atomic E-state index is -0.758. The van der Waals surface area contributed by atoms with Gasteiger partial charge >= 0.3 is 12.1 Å². The molecule has 224 valence electrons. The van der Waals surface area contributed by atoms with E-state index in [0.717, 1.165) is 24.2 Å². The first-order chi connectivity index (χ1) is 19.8. The zero-order valence-electron chi connectivity index (χ0n) is 24.0. The highest BCUT2D eigenvalue weighted by Gasteiger charge is 2.50. The number of carbonyl (C=O) groups excluding carboxylic acids is 4. The molecule has 0 aliphatic carbocycles. The van der Waals surface area contributed by atoms with Crippen LogP contribution in [0.2, 0.25) is 0 Å². The van der Waals surface area contributed by atoms with Gasteiger partial charge in [0, 0.05) is 26.2 Å². The van der Waals surface area contributed by atoms with E-state index in [4.69, 9.17) is 9.47 Å². The molecule has 0 saturated carbocycles. The Bertz CT molecular complexity index is 1080. The molecule has 2 atom stereocenters. The largest absolute Gasteiger partial charge is 0.497 e. The number of fused-ring (bicyclic) bond motifs is 1. The highest BCUT2D eigenvalue weighted by atomic mass is 16.5. The molecule has 1 aromatic rings. The standard InChI is InChI=1S/C29H42N6O6/c1-5-8-17-32-20-25-34(24(27(32)37)10-9-15-30-29(39)41-18-7-3)26(36)21-33(16-6-2)35(25)28(38)31-19-22-11-13-23(40-4)14-12-22/h6-7,11-14,24-25H,2-3,5,8-10,15-21H2,1,4H3,(H,30,39)(H,31,38)/t24-,25-/m0/s1. The van der Waals surface area contributed by atoms with Crippen LogP contribution < -0.4 is 15.4 Å². The highest BCUT2D eigenvalue weighted by Crippen LogP contribution is 2.28. The molecule has 2 fully saturated rings. The van der Waals surface area contributed by atoms with Crippen LogP contribution in [0.4, 0.5) is 9.59 Å². The fourth-order valence-corrected chi connectivity index (χ4v) is 5.00. The summed E-state index contributed by atoms with van der Waals surface area (Å²) in [6.07, 6.45) is 4.33. The number of benzene rings is 1. The van der Waals surface area contributed by atoms with Gasteiger partial charge in [0.05, 0.1) is 20.2 Å². The van der Waals surface area contributed by atoms with Crippen molar-refractivity contribution in [3.63, 3.8) is 0 Å². The second kappa shape index (κ2) is 15.7. The molecule has 2 aliphatic rings. The lowest BCUT2D eigenvalue weighted by Gasteiger charge is -2.55. The average Bonchev–Trinajstić information content (AvgIpc) is 2.97. The number of ether oxygens (including phenoxy) is 2. The van der Waals surface area contributed by atoms with Crippen molar-refractivity contribution in [1.29, 1.82) is 0 Å². The third-order valence-corrected chi connectivity index (χ3v) is 7.02. The Labute approximate surface area is 241 Å². The van der Waals surface area contributed by atoms with Gasteiger partial charge in [0.15, 0.2) is 0 Å². The summed E-state index contributed by atoms with van der Waals surface area (Å²) in [5.41, 5.74) is 0.889. The third kappa shape index (κ3) is 8.23. The van der Waals surface area contributed by atoms with Crippen LogP contribution in [-0.4, -0.2) is 102 Å². The second-order valence-electron chi connectivity index (χ2n) is 9.88. The fourth-order valence-electron chi connectivity index (χ4n) is 5.00. The molecule has 2 N–H and O–H groups in total. The van der Waals surface area contributed by atoms with Gasteiger partial charge < -0.3 is 29.9 Å². The minimum Gasteiger partial charge on any atom is -0.497 e. The molecule has 2 aliphatic heterocycles. The number of nitrogens with zero attached hydrogens (tertiary/aromatic N) is 4. The first-order valence-electron chi connectivity index (χ1n) is 14.0. The number of hydrogen-bond acceptors (Lipinski definition) is 7. The number of carbonyl (C=O) groups is 4. The number of methoxy groups -OCH3 is 1. The maximum absolute atomic E-state index is 13.7. The average molecular weight is 571 g/mol. The predicted octanol–water partition coefficient (Wildman–Crippen LogP) is 2.48. The summed E-state index contributed by atoms with van der Waals surface area (Å²) in [6.45, 7) is 11.0. The van der Waals surface area contributed by atoms with E-state index in [1.807, 2.05) is 31.2 Å². The van der Waals surface area contributed by atoms with E-state index in [1.165, 1.54) is 6.08 Å². The van der Waals surface area contributed by atoms with Crippen LogP contribution in [-0.2, 0) is 20.9 Å². The van der Waals surface area contributed by atoms with Gasteiger partial charge in [-0.1, -0.05) is 44.2 Å². The number of unbranched alkanes of at least 4 members (excludes halogenated alkanes) is 1. The quantitative estimate of drug-likeness (QED) is 0.260. The van der Waals surface area contributed by atoms with Crippen LogP contribution >= 0.6 is 0 Å². The van der Waals surface area contributed by atoms with Crippen molar-refractivity contribution in [2.24, 2.45) is 0 Å². The predicted molar refractivity (Wildman–Crippen MR) is 154 cm³/mol. The van der Waals surface area contributed by atoms with Gasteiger partial charge in [-0.25, -0.2) is 19.6 Å². The van der Waals surface area contributed by atoms with E-state index < -0.39 is 18.3 Å². The van der Waals surface area contributed by atoms with Crippen molar-refractivity contribution < 1.29 is 28.7 Å². The third-order valence-electron chi connectivity index (χ3n) is 7.02. The number of urea groups is 1. The highest BCUT2D eigenvalue weighted by molar-refractivity contribution is 5.91. The number of nitrogens with one attached hydrogen (secondary N) is 2. The number of hydrogen-bond donors (Lipinski definition) is 2. The molecule has 41 heavy (non-hydrogen) atoms. The molecule has 2 heterocycles. The zero-order chi connectivity index (χ0) is 29.8. The van der Waals surface area contributed by atoms with Crippen LogP contribution in [0.25, 0.3) is 0 Å². The molecule has 5 amide bonds. The summed E-state index contributed by atoms with van der Waals surface area (Å²) >= 11 is 0. The summed E-state index contributed by atoms with van der Waals surface area (Å²) in [7, 11) is 1.59. The van der Waals surface area contributed by atoms with Crippen LogP contribution in [0.3, 0.4) is 0 Å². The molecular weight excluding hydrogens is 528 g/mol. The molecular formula is C29H42N6O6. The number of rotatable bonds is 14. The molecule has 0 bridgehead atoms. The SMILES string of the molecule is C=CCOC(=O)NCCC[C@H]1C(=O)N(CCCC)C[C@H]2N1C(=O)CN(CC=C)N2C(=O)NCc1ccc(OC)cc1. The summed E-state index contributed by atoms with van der Waals surface area (Å²) in [5, 5.41) is 8.84. The number of piperazine rings is 1. The van der Waals surface area contributed by atoms with Crippen LogP contribution in [0.5, 0.6) is 5.75 Å². The van der Waals surface area contributed by atoms with Gasteiger partial charge in [-0.15, -0.1) is 6.58 Å². The first kappa shape index (κ1) is 31.5. The molecule has 0 radical (unpaired) electrons. The number of amides is 5. The van der Waals surface area contributed by atoms with Crippen molar-refractivity contribution in [3.8, 4) is 5.75 Å². The fraction of sp³-hybridized carbons (Fsp3) is 0.517. The van der Waals surface area contributed by atoms with E-state index in [1.54, 1.807) is 33.0 Å². The van der Waals surface area contributed by atoms with Gasteiger partial charge in [-0.3, -0.25) is 9.59 Å². The molecule has 2 saturated heterocycles. The topological polar surface area (TPSA) is 124 Å². The zero-order valence-corrected chi connectivity index (χ0v) is 24.0. The van der Waals surface area contributed by atoms with Gasteiger partial charge in [0.1, 0.15) is 24.6 Å². The van der Waals surface area contributed by atoms with Crippen molar-refractivity contribution in [1.82, 2.24) is 30.5 Å². The summed E-state index contributed by atoms with van der Waals surface area (Å²) in [5.74, 6) is 0.340. The van der Waals surface area contributed by atoms with Crippen LogP contribution in [0.15, 0.2) is 49.6 Å². The molecule has 1 aromatic carbocycles. The Kier molecular flexibility index (Phi) is 12.0. The number of alkyl carbamates (subject to hydrolysis) is 1. The molecule has 12 heteroatoms. The van der Waals surface area contributed by atoms with Crippen molar-refractivity contribution in [2.45, 2.75) is 51.4 Å². The van der Waals surface area contributed by atoms with Crippen molar-refractivity contribution in [3.05, 3.63) is 55.1 Å². The minimum absolute atomic E-state index is 0.0661. The Morgan fingerprint density at radius 2 is 1.85 bits per heavy atom. The molecule has 12 nitrogen and oxygen atoms in total. The maximum atomic E-state index is 13.7. The Morgan fingerprint density at radius 1 is 1.10 bits per heavy atom. The van der Waals surface area contributed by atoms with E-state index in [2.05, 4.69) is 23.8 Å². The first-order valence-corrected chi connectivity index (χ1v) is 14.0. The summed E-state index contributed by atoms with van der Waals surface area (Å²) < 4.78 is 10.1. The Hall–Kier alpha value is -4.06. The summed E-state index contributed by atoms with van der Waals surface area (Å²) in [4.78, 5) is 55.8. The monoisotopic (exact) mass is 570 g/mol. The van der Waals surface area contributed by atoms with Crippen molar-refractivity contribution in [2.75, 3.05) is 46.4 Å². The van der Waals surface area contributed by atoms with Crippen molar-refractivity contribution >= 4 is 23.9 Å². The van der Waals surface area contributed by atoms with E-state index >= 15 is 0 Å². The van der Waals surface area contributed by atoms with Gasteiger partial charge in [0.2, 0.25) is 11.8 Å². The molecule has 0 unspecified atom stereocenters. The lowest BCUT2D eigenvalue weighted by molar-refractivity contribution is -0.189. The Morgan fingerprint density at radius 3 is 2.51 bits per heavy atom. The lowest BCUT2D eigenvalue weighted by atomic mass is 10.0. The molecule has 3 rings (SSSR count). The van der Waals surface area contributed by atoms with E-state index in [-0.39, 0.29) is 57.2 Å². The van der Waals surface area contributed by atoms with Crippen LogP contribution in [0.1, 0.15) is 38.2 Å². The van der Waals surface area contributed by atoms with Crippen LogP contribution in [0, 0.1) is 0 Å². The smallest absolute Gasteiger partial charge is 0.407 e. The maximum Gasteiger partial charge on any atom is 0.407 e. The normalized spacial score (nSPS) is 18.9. The van der Waals surface area contributed by atoms with Gasteiger partial charge in [0.25, 0.3) is 0 Å². The lowest BCUT2D eigenvalue weighted by Crippen LogP contribution is -2.76. The number of hydrazine groups is 1.